The zero-order valence-corrected chi connectivity index (χ0v) is 37.5. The number of ether oxygens (including phenoxy) is 5. The molecule has 0 saturated carbocycles. The lowest BCUT2D eigenvalue weighted by Crippen LogP contribution is -2.32. The van der Waals surface area contributed by atoms with E-state index in [9.17, 15) is 24.0 Å². The van der Waals surface area contributed by atoms with E-state index in [0.29, 0.717) is 42.6 Å². The van der Waals surface area contributed by atoms with Crippen LogP contribution in [0.25, 0.3) is 0 Å². The molecule has 0 spiro atoms. The number of hydrogen-bond donors (Lipinski definition) is 0. The minimum Gasteiger partial charge on any atom is -0.469 e. The summed E-state index contributed by atoms with van der Waals surface area (Å²) in [5.41, 5.74) is 0. The molecule has 0 amide bonds. The highest BCUT2D eigenvalue weighted by Crippen LogP contribution is 2.16. The van der Waals surface area contributed by atoms with E-state index < -0.39 is 11.9 Å². The quantitative estimate of drug-likeness (QED) is 0.0336. The summed E-state index contributed by atoms with van der Waals surface area (Å²) >= 11 is 5.14. The van der Waals surface area contributed by atoms with Crippen molar-refractivity contribution in [2.45, 2.75) is 125 Å². The second-order valence-electron chi connectivity index (χ2n) is 14.1. The molecule has 55 heavy (non-hydrogen) atoms. The van der Waals surface area contributed by atoms with E-state index in [-0.39, 0.29) is 74.9 Å². The number of methoxy groups -OCH3 is 1. The van der Waals surface area contributed by atoms with Gasteiger partial charge < -0.3 is 28.6 Å². The van der Waals surface area contributed by atoms with E-state index in [1.165, 1.54) is 71.3 Å². The Morgan fingerprint density at radius 2 is 0.836 bits per heavy atom. The van der Waals surface area contributed by atoms with Crippen LogP contribution < -0.4 is 0 Å². The molecule has 0 aromatic heterocycles. The number of hydrogen-bond acceptors (Lipinski definition) is 14. The Hall–Kier alpha value is -1.64. The fraction of sp³-hybridized carbons (Fsp3) is 0.878. The second-order valence-corrected chi connectivity index (χ2v) is 17.6. The predicted octanol–water partition coefficient (Wildman–Crippen LogP) is 8.24. The van der Waals surface area contributed by atoms with Crippen LogP contribution in [0.5, 0.6) is 0 Å². The molecule has 0 fully saturated rings. The number of esters is 5. The summed E-state index contributed by atoms with van der Waals surface area (Å²) < 4.78 is 26.1. The number of nitrogens with zero attached hydrogens (tertiary/aromatic N) is 1. The van der Waals surface area contributed by atoms with Crippen LogP contribution in [0.1, 0.15) is 125 Å². The molecule has 0 saturated heterocycles. The third kappa shape index (κ3) is 33.1. The van der Waals surface area contributed by atoms with Crippen molar-refractivity contribution in [3.8, 4) is 0 Å². The second kappa shape index (κ2) is 37.9. The van der Waals surface area contributed by atoms with Crippen molar-refractivity contribution >= 4 is 65.1 Å². The largest absolute Gasteiger partial charge is 0.469 e. The number of carbonyl (C=O) groups is 5. The van der Waals surface area contributed by atoms with Gasteiger partial charge in [0.2, 0.25) is 0 Å². The Bertz CT molecular complexity index is 943. The van der Waals surface area contributed by atoms with Gasteiger partial charge in [0.1, 0.15) is 26.4 Å². The van der Waals surface area contributed by atoms with Crippen molar-refractivity contribution in [1.82, 2.24) is 4.90 Å². The molecule has 11 nitrogen and oxygen atoms in total. The lowest BCUT2D eigenvalue weighted by molar-refractivity contribution is -0.154. The molecule has 0 radical (unpaired) electrons. The maximum Gasteiger partial charge on any atom is 0.309 e. The maximum absolute atomic E-state index is 12.5. The van der Waals surface area contributed by atoms with Crippen LogP contribution in [0.4, 0.5) is 0 Å². The molecular weight excluding hydrogens is 763 g/mol. The van der Waals surface area contributed by atoms with E-state index in [1.807, 2.05) is 25.7 Å². The van der Waals surface area contributed by atoms with E-state index in [4.69, 9.17) is 23.7 Å². The van der Waals surface area contributed by atoms with E-state index >= 15 is 0 Å². The van der Waals surface area contributed by atoms with Gasteiger partial charge in [0.15, 0.2) is 0 Å². The van der Waals surface area contributed by atoms with Crippen molar-refractivity contribution in [3.63, 3.8) is 0 Å². The number of carbonyl (C=O) groups excluding carboxylic acids is 5. The number of unbranched alkanes of at least 4 members (excludes halogenated alkanes) is 10. The molecule has 0 aliphatic carbocycles. The zero-order chi connectivity index (χ0) is 40.9. The highest BCUT2D eigenvalue weighted by Gasteiger charge is 2.18. The Labute approximate surface area is 346 Å². The van der Waals surface area contributed by atoms with Gasteiger partial charge in [-0.1, -0.05) is 98.8 Å². The predicted molar refractivity (Wildman–Crippen MR) is 228 cm³/mol. The molecule has 0 N–H and O–H groups in total. The zero-order valence-electron chi connectivity index (χ0n) is 35.1. The first-order chi connectivity index (χ1) is 26.5. The standard InChI is InChI=1S/C41H75NO10S3/c1-7-9-11-13-15-17-28-53-32-35(4)40(46)51-26-24-49-37(43)19-21-42(23-30-55-31-34(3)39(45)48-6)22-20-38(44)50-25-27-52-41(47)36(5)33-54-29-18-16-14-12-10-8-2/h34-36H,7-33H2,1-6H3. The lowest BCUT2D eigenvalue weighted by Gasteiger charge is -2.21. The fourth-order valence-electron chi connectivity index (χ4n) is 5.21. The van der Waals surface area contributed by atoms with Crippen molar-refractivity contribution in [2.24, 2.45) is 17.8 Å². The average molecular weight is 838 g/mol. The van der Waals surface area contributed by atoms with Gasteiger partial charge in [-0.15, -0.1) is 0 Å². The highest BCUT2D eigenvalue weighted by molar-refractivity contribution is 7.99. The van der Waals surface area contributed by atoms with Crippen LogP contribution in [0.15, 0.2) is 0 Å². The minimum absolute atomic E-state index is 0.00796. The van der Waals surface area contributed by atoms with Crippen LogP contribution in [0, 0.1) is 17.8 Å². The van der Waals surface area contributed by atoms with Crippen molar-refractivity contribution in [3.05, 3.63) is 0 Å². The Kier molecular flexibility index (Phi) is 36.8. The van der Waals surface area contributed by atoms with Gasteiger partial charge in [0.25, 0.3) is 0 Å². The molecule has 322 valence electrons. The summed E-state index contributed by atoms with van der Waals surface area (Å²) in [6.07, 6.45) is 15.2. The van der Waals surface area contributed by atoms with E-state index in [2.05, 4.69) is 13.8 Å². The minimum atomic E-state index is -0.421. The van der Waals surface area contributed by atoms with Crippen LogP contribution >= 0.6 is 35.3 Å². The first kappa shape index (κ1) is 53.4. The third-order valence-corrected chi connectivity index (χ3v) is 12.6. The SMILES string of the molecule is CCCCCCCCSCC(C)C(=O)OCCOC(=O)CCN(CCSCC(C)C(=O)OC)CCC(=O)OCCOC(=O)C(C)CSCCCCCCCC. The molecule has 0 heterocycles. The smallest absolute Gasteiger partial charge is 0.309 e. The number of thioether (sulfide) groups is 3. The first-order valence-electron chi connectivity index (χ1n) is 20.7. The summed E-state index contributed by atoms with van der Waals surface area (Å²) in [6, 6.07) is 0. The van der Waals surface area contributed by atoms with Gasteiger partial charge in [-0.2, -0.15) is 35.3 Å². The molecule has 0 aromatic rings. The molecule has 0 aromatic carbocycles. The lowest BCUT2D eigenvalue weighted by atomic mass is 10.1. The molecule has 0 rings (SSSR count). The summed E-state index contributed by atoms with van der Waals surface area (Å²) in [5, 5.41) is 0. The van der Waals surface area contributed by atoms with Crippen LogP contribution in [0.3, 0.4) is 0 Å². The fourth-order valence-corrected chi connectivity index (χ4v) is 8.38. The molecule has 3 atom stereocenters. The molecule has 0 aliphatic rings. The van der Waals surface area contributed by atoms with E-state index in [0.717, 1.165) is 24.3 Å². The van der Waals surface area contributed by atoms with Gasteiger partial charge in [0, 0.05) is 42.6 Å². The highest BCUT2D eigenvalue weighted by atomic mass is 32.2. The van der Waals surface area contributed by atoms with E-state index in [1.54, 1.807) is 35.3 Å². The van der Waals surface area contributed by atoms with Gasteiger partial charge >= 0.3 is 29.8 Å². The Morgan fingerprint density at radius 1 is 0.473 bits per heavy atom. The summed E-state index contributed by atoms with van der Waals surface area (Å²) in [7, 11) is 1.37. The Balaban J connectivity index is 4.46. The first-order valence-corrected chi connectivity index (χ1v) is 24.2. The molecule has 3 unspecified atom stereocenters. The molecule has 0 bridgehead atoms. The molecule has 14 heteroatoms. The monoisotopic (exact) mass is 837 g/mol. The third-order valence-electron chi connectivity index (χ3n) is 8.79. The van der Waals surface area contributed by atoms with Crippen LogP contribution in [-0.2, 0) is 47.7 Å². The molecular formula is C41H75NO10S3. The summed E-state index contributed by atoms with van der Waals surface area (Å²) in [4.78, 5) is 63.4. The van der Waals surface area contributed by atoms with Crippen molar-refractivity contribution in [1.29, 1.82) is 0 Å². The van der Waals surface area contributed by atoms with Crippen LogP contribution in [-0.4, -0.2) is 122 Å². The van der Waals surface area contributed by atoms with Crippen molar-refractivity contribution < 1.29 is 47.7 Å². The number of rotatable bonds is 38. The Morgan fingerprint density at radius 3 is 1.25 bits per heavy atom. The molecule has 0 aliphatic heterocycles. The average Bonchev–Trinajstić information content (AvgIpc) is 3.18. The normalized spacial score (nSPS) is 12.9. The van der Waals surface area contributed by atoms with Gasteiger partial charge in [0.05, 0.1) is 37.7 Å². The van der Waals surface area contributed by atoms with Gasteiger partial charge in [-0.25, -0.2) is 0 Å². The van der Waals surface area contributed by atoms with Gasteiger partial charge in [-0.3, -0.25) is 24.0 Å². The van der Waals surface area contributed by atoms with Crippen LogP contribution in [0.2, 0.25) is 0 Å². The van der Waals surface area contributed by atoms with Gasteiger partial charge in [-0.05, 0) is 24.3 Å². The summed E-state index contributed by atoms with van der Waals surface area (Å²) in [6.45, 7) is 11.2. The summed E-state index contributed by atoms with van der Waals surface area (Å²) in [5.74, 6) is 2.42. The maximum atomic E-state index is 12.5. The van der Waals surface area contributed by atoms with Crippen molar-refractivity contribution in [2.75, 3.05) is 87.7 Å². The topological polar surface area (TPSA) is 135 Å².